The van der Waals surface area contributed by atoms with Gasteiger partial charge in [-0.2, -0.15) is 5.10 Å². The van der Waals surface area contributed by atoms with Gasteiger partial charge in [-0.05, 0) is 39.3 Å². The molecule has 2 fully saturated rings. The molecule has 10 heteroatoms. The largest absolute Gasteiger partial charge is 0.353 e. The quantitative estimate of drug-likeness (QED) is 0.600. The summed E-state index contributed by atoms with van der Waals surface area (Å²) in [7, 11) is 3.92. The van der Waals surface area contributed by atoms with E-state index in [4.69, 9.17) is 0 Å². The zero-order chi connectivity index (χ0) is 18.5. The van der Waals surface area contributed by atoms with E-state index >= 15 is 0 Å². The molecule has 0 radical (unpaired) electrons. The van der Waals surface area contributed by atoms with E-state index in [2.05, 4.69) is 21.0 Å². The fourth-order valence-corrected chi connectivity index (χ4v) is 3.89. The van der Waals surface area contributed by atoms with E-state index in [1.165, 1.54) is 25.7 Å². The van der Waals surface area contributed by atoms with Gasteiger partial charge in [0.2, 0.25) is 11.8 Å². The number of fused-ring (bicyclic) bond motifs is 1. The molecule has 0 bridgehead atoms. The summed E-state index contributed by atoms with van der Waals surface area (Å²) in [4.78, 5) is 26.4. The Hall–Kier alpha value is -1.35. The highest BCUT2D eigenvalue weighted by molar-refractivity contribution is 5.95. The van der Waals surface area contributed by atoms with Crippen molar-refractivity contribution in [3.63, 3.8) is 0 Å². The molecule has 28 heavy (non-hydrogen) atoms. The second-order valence-corrected chi connectivity index (χ2v) is 7.68. The lowest BCUT2D eigenvalue weighted by molar-refractivity contribution is -0.122. The average molecular weight is 435 g/mol. The summed E-state index contributed by atoms with van der Waals surface area (Å²) in [6, 6.07) is 0.369. The smallest absolute Gasteiger partial charge is 0.241 e. The topological polar surface area (TPSA) is 91.3 Å². The molecule has 1 aromatic rings. The second kappa shape index (κ2) is 11.6. The SMILES string of the molecule is CN(C)CCNC(=O)Cn1cc(NC(=O)C2CC3CCCCC3N2)cn1.Cl.Cl. The van der Waals surface area contributed by atoms with Gasteiger partial charge in [0, 0.05) is 25.3 Å². The molecular weight excluding hydrogens is 403 g/mol. The van der Waals surface area contributed by atoms with Crippen LogP contribution < -0.4 is 16.0 Å². The van der Waals surface area contributed by atoms with Gasteiger partial charge in [-0.25, -0.2) is 0 Å². The number of amides is 2. The molecule has 1 saturated heterocycles. The zero-order valence-corrected chi connectivity index (χ0v) is 18.2. The summed E-state index contributed by atoms with van der Waals surface area (Å²) in [5.41, 5.74) is 0.632. The van der Waals surface area contributed by atoms with Crippen molar-refractivity contribution in [2.45, 2.75) is 50.7 Å². The van der Waals surface area contributed by atoms with E-state index in [9.17, 15) is 9.59 Å². The van der Waals surface area contributed by atoms with Crippen molar-refractivity contribution in [3.05, 3.63) is 12.4 Å². The summed E-state index contributed by atoms with van der Waals surface area (Å²) < 4.78 is 1.54. The Labute approximate surface area is 179 Å². The molecule has 3 rings (SSSR count). The van der Waals surface area contributed by atoms with Crippen LogP contribution in [0.1, 0.15) is 32.1 Å². The van der Waals surface area contributed by atoms with E-state index in [0.717, 1.165) is 13.0 Å². The summed E-state index contributed by atoms with van der Waals surface area (Å²) >= 11 is 0. The lowest BCUT2D eigenvalue weighted by atomic mass is 9.85. The fraction of sp³-hybridized carbons (Fsp3) is 0.722. The van der Waals surface area contributed by atoms with Crippen LogP contribution in [0.25, 0.3) is 0 Å². The van der Waals surface area contributed by atoms with Gasteiger partial charge in [0.05, 0.1) is 17.9 Å². The molecule has 1 aromatic heterocycles. The van der Waals surface area contributed by atoms with Gasteiger partial charge < -0.3 is 20.9 Å². The first kappa shape index (κ1) is 24.7. The summed E-state index contributed by atoms with van der Waals surface area (Å²) in [6.07, 6.45) is 9.14. The number of likely N-dealkylation sites (N-methyl/N-ethyl adjacent to an activating group) is 1. The molecule has 160 valence electrons. The highest BCUT2D eigenvalue weighted by Crippen LogP contribution is 2.33. The molecule has 3 atom stereocenters. The van der Waals surface area contributed by atoms with Crippen molar-refractivity contribution in [2.75, 3.05) is 32.5 Å². The third kappa shape index (κ3) is 6.92. The van der Waals surface area contributed by atoms with Crippen LogP contribution in [-0.4, -0.2) is 65.8 Å². The van der Waals surface area contributed by atoms with E-state index in [1.54, 1.807) is 17.1 Å². The maximum absolute atomic E-state index is 12.5. The van der Waals surface area contributed by atoms with E-state index in [1.807, 2.05) is 19.0 Å². The molecule has 3 N–H and O–H groups in total. The van der Waals surface area contributed by atoms with Crippen LogP contribution in [0.3, 0.4) is 0 Å². The predicted molar refractivity (Wildman–Crippen MR) is 114 cm³/mol. The minimum Gasteiger partial charge on any atom is -0.353 e. The van der Waals surface area contributed by atoms with Crippen molar-refractivity contribution < 1.29 is 9.59 Å². The summed E-state index contributed by atoms with van der Waals surface area (Å²) in [6.45, 7) is 1.55. The van der Waals surface area contributed by atoms with Gasteiger partial charge >= 0.3 is 0 Å². The Balaban J connectivity index is 0.00000196. The Bertz CT molecular complexity index is 625. The molecule has 0 aromatic carbocycles. The van der Waals surface area contributed by atoms with Gasteiger partial charge in [0.25, 0.3) is 0 Å². The van der Waals surface area contributed by atoms with E-state index in [0.29, 0.717) is 24.2 Å². The van der Waals surface area contributed by atoms with Gasteiger partial charge in [-0.15, -0.1) is 24.8 Å². The highest BCUT2D eigenvalue weighted by atomic mass is 35.5. The second-order valence-electron chi connectivity index (χ2n) is 7.68. The van der Waals surface area contributed by atoms with Crippen LogP contribution >= 0.6 is 24.8 Å². The third-order valence-corrected chi connectivity index (χ3v) is 5.27. The number of carbonyl (C=O) groups excluding carboxylic acids is 2. The molecule has 8 nitrogen and oxygen atoms in total. The number of nitrogens with zero attached hydrogens (tertiary/aromatic N) is 3. The van der Waals surface area contributed by atoms with Crippen LogP contribution in [0.15, 0.2) is 12.4 Å². The molecule has 0 spiro atoms. The Morgan fingerprint density at radius 2 is 2.04 bits per heavy atom. The van der Waals surface area contributed by atoms with Crippen molar-refractivity contribution in [3.8, 4) is 0 Å². The Morgan fingerprint density at radius 3 is 2.75 bits per heavy atom. The minimum absolute atomic E-state index is 0. The number of carbonyl (C=O) groups is 2. The fourth-order valence-electron chi connectivity index (χ4n) is 3.89. The first-order valence-corrected chi connectivity index (χ1v) is 9.52. The van der Waals surface area contributed by atoms with Crippen molar-refractivity contribution in [2.24, 2.45) is 5.92 Å². The van der Waals surface area contributed by atoms with Crippen molar-refractivity contribution in [1.29, 1.82) is 0 Å². The predicted octanol–water partition coefficient (Wildman–Crippen LogP) is 1.26. The van der Waals surface area contributed by atoms with Gasteiger partial charge in [0.15, 0.2) is 0 Å². The van der Waals surface area contributed by atoms with Crippen LogP contribution in [0.2, 0.25) is 0 Å². The standard InChI is InChI=1S/C18H30N6O2.2ClH/c1-23(2)8-7-19-17(25)12-24-11-14(10-20-24)21-18(26)16-9-13-5-3-4-6-15(13)22-16;;/h10-11,13,15-16,22H,3-9,12H2,1-2H3,(H,19,25)(H,21,26);2*1H. The zero-order valence-electron chi connectivity index (χ0n) is 16.5. The van der Waals surface area contributed by atoms with Crippen LogP contribution in [0.4, 0.5) is 5.69 Å². The summed E-state index contributed by atoms with van der Waals surface area (Å²) in [5, 5.41) is 13.4. The monoisotopic (exact) mass is 434 g/mol. The van der Waals surface area contributed by atoms with Crippen molar-refractivity contribution >= 4 is 42.3 Å². The molecule has 2 heterocycles. The summed E-state index contributed by atoms with van der Waals surface area (Å²) in [5.74, 6) is 0.539. The van der Waals surface area contributed by atoms with Gasteiger partial charge in [-0.3, -0.25) is 14.3 Å². The molecular formula is C18H32Cl2N6O2. The number of nitrogens with one attached hydrogen (secondary N) is 3. The first-order chi connectivity index (χ1) is 12.5. The number of hydrogen-bond acceptors (Lipinski definition) is 5. The Morgan fingerprint density at radius 1 is 1.29 bits per heavy atom. The number of anilines is 1. The lowest BCUT2D eigenvalue weighted by Gasteiger charge is -2.24. The van der Waals surface area contributed by atoms with Gasteiger partial charge in [0.1, 0.15) is 6.54 Å². The maximum atomic E-state index is 12.5. The van der Waals surface area contributed by atoms with Crippen LogP contribution in [0.5, 0.6) is 0 Å². The minimum atomic E-state index is -0.124. The highest BCUT2D eigenvalue weighted by Gasteiger charge is 2.38. The number of rotatable bonds is 7. The van der Waals surface area contributed by atoms with E-state index in [-0.39, 0.29) is 49.2 Å². The Kier molecular flexibility index (Phi) is 10.2. The lowest BCUT2D eigenvalue weighted by Crippen LogP contribution is -2.39. The third-order valence-electron chi connectivity index (χ3n) is 5.27. The molecule has 3 unspecified atom stereocenters. The maximum Gasteiger partial charge on any atom is 0.241 e. The van der Waals surface area contributed by atoms with E-state index < -0.39 is 0 Å². The normalized spacial score (nSPS) is 23.3. The average Bonchev–Trinajstić information content (AvgIpc) is 3.21. The molecule has 2 amide bonds. The molecule has 1 saturated carbocycles. The van der Waals surface area contributed by atoms with Crippen LogP contribution in [-0.2, 0) is 16.1 Å². The number of halogens is 2. The van der Waals surface area contributed by atoms with Crippen molar-refractivity contribution in [1.82, 2.24) is 25.3 Å². The number of aromatic nitrogens is 2. The van der Waals surface area contributed by atoms with Crippen LogP contribution in [0, 0.1) is 5.92 Å². The molecule has 1 aliphatic carbocycles. The molecule has 2 aliphatic rings. The first-order valence-electron chi connectivity index (χ1n) is 9.52. The van der Waals surface area contributed by atoms with Gasteiger partial charge in [-0.1, -0.05) is 12.8 Å². The molecule has 1 aliphatic heterocycles. The number of hydrogen-bond donors (Lipinski definition) is 3.